The number of halogens is 1. The molecule has 0 aliphatic carbocycles. The molecule has 0 unspecified atom stereocenters. The van der Waals surface area contributed by atoms with Gasteiger partial charge in [-0.05, 0) is 43.5 Å². The van der Waals surface area contributed by atoms with Crippen LogP contribution < -0.4 is 0 Å². The molecule has 1 aliphatic rings. The smallest absolute Gasteiger partial charge is 0.176 e. The first-order valence-electron chi connectivity index (χ1n) is 7.03. The Morgan fingerprint density at radius 1 is 1.37 bits per heavy atom. The molecule has 1 fully saturated rings. The summed E-state index contributed by atoms with van der Waals surface area (Å²) in [6.07, 6.45) is 3.47. The number of hydrogen-bond acceptors (Lipinski definition) is 2. The van der Waals surface area contributed by atoms with Gasteiger partial charge in [0, 0.05) is 5.56 Å². The van der Waals surface area contributed by atoms with Gasteiger partial charge in [0.05, 0.1) is 6.54 Å². The lowest BCUT2D eigenvalue weighted by molar-refractivity contribution is 0.0812. The molecule has 2 nitrogen and oxygen atoms in total. The summed E-state index contributed by atoms with van der Waals surface area (Å²) >= 11 is 0. The largest absolute Gasteiger partial charge is 0.296 e. The van der Waals surface area contributed by atoms with Crippen LogP contribution in [0.1, 0.15) is 43.5 Å². The molecule has 3 heteroatoms. The standard InChI is InChI=1S/C16H22FNO/c1-3-16(2)7-9-18(10-8-16)12-15(19)13-5-4-6-14(17)11-13/h4-6,11H,3,7-10,12H2,1-2H3. The first-order chi connectivity index (χ1) is 9.02. The van der Waals surface area contributed by atoms with Gasteiger partial charge in [-0.3, -0.25) is 9.69 Å². The zero-order valence-electron chi connectivity index (χ0n) is 11.8. The quantitative estimate of drug-likeness (QED) is 0.775. The summed E-state index contributed by atoms with van der Waals surface area (Å²) < 4.78 is 13.1. The van der Waals surface area contributed by atoms with Gasteiger partial charge >= 0.3 is 0 Å². The number of Topliss-reactive ketones (excluding diaryl/α,β-unsaturated/α-hetero) is 1. The molecule has 1 aromatic carbocycles. The van der Waals surface area contributed by atoms with Crippen molar-refractivity contribution >= 4 is 5.78 Å². The van der Waals surface area contributed by atoms with Crippen LogP contribution in [0.2, 0.25) is 0 Å². The predicted octanol–water partition coefficient (Wildman–Crippen LogP) is 3.52. The van der Waals surface area contributed by atoms with Gasteiger partial charge < -0.3 is 0 Å². The molecule has 0 radical (unpaired) electrons. The Morgan fingerprint density at radius 3 is 2.63 bits per heavy atom. The van der Waals surface area contributed by atoms with Crippen molar-refractivity contribution in [1.29, 1.82) is 0 Å². The van der Waals surface area contributed by atoms with E-state index in [1.165, 1.54) is 18.6 Å². The number of ketones is 1. The lowest BCUT2D eigenvalue weighted by Crippen LogP contribution is -2.41. The van der Waals surface area contributed by atoms with Crippen LogP contribution in [0.25, 0.3) is 0 Å². The molecule has 0 spiro atoms. The average Bonchev–Trinajstić information content (AvgIpc) is 2.41. The van der Waals surface area contributed by atoms with Crippen molar-refractivity contribution in [2.45, 2.75) is 33.1 Å². The molecular weight excluding hydrogens is 241 g/mol. The van der Waals surface area contributed by atoms with E-state index in [1.807, 2.05) is 0 Å². The maximum absolute atomic E-state index is 13.1. The second-order valence-corrected chi connectivity index (χ2v) is 5.87. The molecule has 1 saturated heterocycles. The Morgan fingerprint density at radius 2 is 2.05 bits per heavy atom. The molecule has 2 rings (SSSR count). The number of likely N-dealkylation sites (tertiary alicyclic amines) is 1. The minimum absolute atomic E-state index is 0.0135. The van der Waals surface area contributed by atoms with Crippen LogP contribution in [-0.2, 0) is 0 Å². The maximum Gasteiger partial charge on any atom is 0.176 e. The molecule has 0 amide bonds. The van der Waals surface area contributed by atoms with Crippen LogP contribution in [0, 0.1) is 11.2 Å². The fourth-order valence-corrected chi connectivity index (χ4v) is 2.56. The van der Waals surface area contributed by atoms with E-state index in [1.54, 1.807) is 12.1 Å². The summed E-state index contributed by atoms with van der Waals surface area (Å²) in [6, 6.07) is 5.96. The minimum atomic E-state index is -0.344. The molecule has 0 aromatic heterocycles. The molecule has 0 atom stereocenters. The van der Waals surface area contributed by atoms with Crippen LogP contribution in [0.3, 0.4) is 0 Å². The van der Waals surface area contributed by atoms with Crippen molar-refractivity contribution in [2.24, 2.45) is 5.41 Å². The highest BCUT2D eigenvalue weighted by atomic mass is 19.1. The van der Waals surface area contributed by atoms with E-state index in [-0.39, 0.29) is 11.6 Å². The van der Waals surface area contributed by atoms with Crippen molar-refractivity contribution < 1.29 is 9.18 Å². The van der Waals surface area contributed by atoms with Gasteiger partial charge in [-0.2, -0.15) is 0 Å². The van der Waals surface area contributed by atoms with Crippen LogP contribution in [0.5, 0.6) is 0 Å². The van der Waals surface area contributed by atoms with Crippen molar-refractivity contribution in [2.75, 3.05) is 19.6 Å². The second kappa shape index (κ2) is 5.83. The fraction of sp³-hybridized carbons (Fsp3) is 0.562. The van der Waals surface area contributed by atoms with Crippen molar-refractivity contribution in [3.63, 3.8) is 0 Å². The zero-order valence-corrected chi connectivity index (χ0v) is 11.8. The molecule has 19 heavy (non-hydrogen) atoms. The third-order valence-corrected chi connectivity index (χ3v) is 4.43. The first-order valence-corrected chi connectivity index (χ1v) is 7.03. The molecule has 0 N–H and O–H groups in total. The number of carbonyl (C=O) groups is 1. The molecule has 0 bridgehead atoms. The highest BCUT2D eigenvalue weighted by Crippen LogP contribution is 2.33. The molecule has 0 saturated carbocycles. The summed E-state index contributed by atoms with van der Waals surface area (Å²) in [5.74, 6) is -0.331. The molecular formula is C16H22FNO. The topological polar surface area (TPSA) is 20.3 Å². The number of carbonyl (C=O) groups excluding carboxylic acids is 1. The highest BCUT2D eigenvalue weighted by Gasteiger charge is 2.28. The Kier molecular flexibility index (Phi) is 4.35. The SMILES string of the molecule is CCC1(C)CCN(CC(=O)c2cccc(F)c2)CC1. The summed E-state index contributed by atoms with van der Waals surface area (Å²) in [5.41, 5.74) is 0.905. The predicted molar refractivity (Wildman–Crippen MR) is 74.8 cm³/mol. The van der Waals surface area contributed by atoms with Gasteiger partial charge in [-0.15, -0.1) is 0 Å². The van der Waals surface area contributed by atoms with E-state index in [0.717, 1.165) is 25.9 Å². The Labute approximate surface area is 114 Å². The third kappa shape index (κ3) is 3.63. The number of piperidine rings is 1. The van der Waals surface area contributed by atoms with E-state index < -0.39 is 0 Å². The van der Waals surface area contributed by atoms with Gasteiger partial charge in [0.15, 0.2) is 5.78 Å². The highest BCUT2D eigenvalue weighted by molar-refractivity contribution is 5.97. The summed E-state index contributed by atoms with van der Waals surface area (Å²) in [4.78, 5) is 14.3. The van der Waals surface area contributed by atoms with Gasteiger partial charge in [-0.1, -0.05) is 32.4 Å². The first kappa shape index (κ1) is 14.2. The van der Waals surface area contributed by atoms with E-state index in [0.29, 0.717) is 17.5 Å². The van der Waals surface area contributed by atoms with E-state index >= 15 is 0 Å². The van der Waals surface area contributed by atoms with Crippen LogP contribution in [0.4, 0.5) is 4.39 Å². The Hall–Kier alpha value is -1.22. The van der Waals surface area contributed by atoms with Crippen LogP contribution >= 0.6 is 0 Å². The fourth-order valence-electron chi connectivity index (χ4n) is 2.56. The normalized spacial score (nSPS) is 19.3. The van der Waals surface area contributed by atoms with Gasteiger partial charge in [0.25, 0.3) is 0 Å². The third-order valence-electron chi connectivity index (χ3n) is 4.43. The zero-order chi connectivity index (χ0) is 13.9. The second-order valence-electron chi connectivity index (χ2n) is 5.87. The summed E-state index contributed by atoms with van der Waals surface area (Å²) in [7, 11) is 0. The Balaban J connectivity index is 1.91. The molecule has 104 valence electrons. The van der Waals surface area contributed by atoms with Gasteiger partial charge in [0.2, 0.25) is 0 Å². The van der Waals surface area contributed by atoms with Crippen molar-refractivity contribution in [3.05, 3.63) is 35.6 Å². The number of nitrogens with zero attached hydrogens (tertiary/aromatic N) is 1. The number of rotatable bonds is 4. The minimum Gasteiger partial charge on any atom is -0.296 e. The molecule has 1 heterocycles. The van der Waals surface area contributed by atoms with Gasteiger partial charge in [-0.25, -0.2) is 4.39 Å². The summed E-state index contributed by atoms with van der Waals surface area (Å²) in [6.45, 7) is 6.88. The Bertz CT molecular complexity index is 450. The molecule has 1 aliphatic heterocycles. The number of hydrogen-bond donors (Lipinski definition) is 0. The number of benzene rings is 1. The summed E-state index contributed by atoms with van der Waals surface area (Å²) in [5, 5.41) is 0. The van der Waals surface area contributed by atoms with Gasteiger partial charge in [0.1, 0.15) is 5.82 Å². The monoisotopic (exact) mass is 263 g/mol. The lowest BCUT2D eigenvalue weighted by atomic mass is 9.78. The lowest BCUT2D eigenvalue weighted by Gasteiger charge is -2.38. The van der Waals surface area contributed by atoms with E-state index in [2.05, 4.69) is 18.7 Å². The van der Waals surface area contributed by atoms with Crippen LogP contribution in [0.15, 0.2) is 24.3 Å². The van der Waals surface area contributed by atoms with Crippen molar-refractivity contribution in [3.8, 4) is 0 Å². The molecule has 1 aromatic rings. The van der Waals surface area contributed by atoms with E-state index in [9.17, 15) is 9.18 Å². The maximum atomic E-state index is 13.1. The van der Waals surface area contributed by atoms with Crippen LogP contribution in [-0.4, -0.2) is 30.3 Å². The average molecular weight is 263 g/mol. The van der Waals surface area contributed by atoms with E-state index in [4.69, 9.17) is 0 Å². The van der Waals surface area contributed by atoms with Crippen molar-refractivity contribution in [1.82, 2.24) is 4.90 Å².